The van der Waals surface area contributed by atoms with E-state index in [9.17, 15) is 0 Å². The molecule has 0 aliphatic heterocycles. The zero-order valence-corrected chi connectivity index (χ0v) is 13.2. The van der Waals surface area contributed by atoms with Crippen molar-refractivity contribution in [3.05, 3.63) is 46.9 Å². The van der Waals surface area contributed by atoms with Crippen LogP contribution in [-0.2, 0) is 0 Å². The van der Waals surface area contributed by atoms with Crippen LogP contribution in [0.2, 0.25) is 0 Å². The van der Waals surface area contributed by atoms with E-state index in [0.29, 0.717) is 16.4 Å². The van der Waals surface area contributed by atoms with Gasteiger partial charge in [-0.15, -0.1) is 11.3 Å². The van der Waals surface area contributed by atoms with E-state index in [1.807, 2.05) is 37.3 Å². The molecule has 1 aromatic carbocycles. The minimum atomic E-state index is 0.494. The van der Waals surface area contributed by atoms with Crippen LogP contribution in [-0.4, -0.2) is 20.1 Å². The zero-order chi connectivity index (χ0) is 15.1. The van der Waals surface area contributed by atoms with Gasteiger partial charge in [-0.25, -0.2) is 4.98 Å². The maximum absolute atomic E-state index is 5.43. The number of fused-ring (bicyclic) bond motifs is 1. The molecule has 0 atom stereocenters. The van der Waals surface area contributed by atoms with Gasteiger partial charge < -0.3 is 9.51 Å². The van der Waals surface area contributed by atoms with Gasteiger partial charge in [0.25, 0.3) is 5.89 Å². The van der Waals surface area contributed by atoms with Crippen LogP contribution in [0.3, 0.4) is 0 Å². The number of rotatable bonds is 2. The van der Waals surface area contributed by atoms with E-state index in [4.69, 9.17) is 16.7 Å². The van der Waals surface area contributed by atoms with Gasteiger partial charge >= 0.3 is 0 Å². The summed E-state index contributed by atoms with van der Waals surface area (Å²) in [5.41, 5.74) is 1.93. The van der Waals surface area contributed by atoms with Crippen molar-refractivity contribution in [1.29, 1.82) is 0 Å². The first kappa shape index (κ1) is 13.3. The van der Waals surface area contributed by atoms with Gasteiger partial charge in [0.1, 0.15) is 9.47 Å². The molecular weight excluding hydrogens is 316 g/mol. The second kappa shape index (κ2) is 5.11. The van der Waals surface area contributed by atoms with Crippen molar-refractivity contribution in [1.82, 2.24) is 20.1 Å². The van der Waals surface area contributed by atoms with Gasteiger partial charge in [-0.05, 0) is 12.5 Å². The summed E-state index contributed by atoms with van der Waals surface area (Å²) < 4.78 is 6.11. The minimum Gasteiger partial charge on any atom is -0.337 e. The second-order valence-electron chi connectivity index (χ2n) is 4.76. The quantitative estimate of drug-likeness (QED) is 0.554. The Balaban J connectivity index is 1.87. The third-order valence-corrected chi connectivity index (χ3v) is 4.89. The van der Waals surface area contributed by atoms with Gasteiger partial charge in [0.05, 0.1) is 11.2 Å². The average Bonchev–Trinajstić information content (AvgIpc) is 3.14. The number of thiophene rings is 1. The van der Waals surface area contributed by atoms with E-state index < -0.39 is 0 Å². The Kier molecular flexibility index (Phi) is 3.09. The molecule has 0 unspecified atom stereocenters. The third-order valence-electron chi connectivity index (χ3n) is 3.38. The Bertz CT molecular complexity index is 1020. The molecule has 0 saturated heterocycles. The largest absolute Gasteiger partial charge is 0.337 e. The smallest absolute Gasteiger partial charge is 0.268 e. The van der Waals surface area contributed by atoms with E-state index in [-0.39, 0.29) is 0 Å². The third kappa shape index (κ3) is 2.06. The van der Waals surface area contributed by atoms with Gasteiger partial charge in [-0.3, -0.25) is 0 Å². The molecule has 0 amide bonds. The highest BCUT2D eigenvalue weighted by atomic mass is 32.1. The van der Waals surface area contributed by atoms with Crippen LogP contribution in [0.15, 0.2) is 41.2 Å². The molecule has 0 aliphatic carbocycles. The Morgan fingerprint density at radius 1 is 1.23 bits per heavy atom. The molecule has 3 heterocycles. The van der Waals surface area contributed by atoms with E-state index in [1.54, 1.807) is 6.33 Å². The lowest BCUT2D eigenvalue weighted by Gasteiger charge is -1.92. The van der Waals surface area contributed by atoms with Crippen molar-refractivity contribution in [2.24, 2.45) is 0 Å². The number of aromatic amines is 1. The summed E-state index contributed by atoms with van der Waals surface area (Å²) in [6, 6.07) is 9.74. The van der Waals surface area contributed by atoms with Crippen LogP contribution in [0.5, 0.6) is 0 Å². The highest BCUT2D eigenvalue weighted by Gasteiger charge is 2.18. The summed E-state index contributed by atoms with van der Waals surface area (Å²) in [6.07, 6.45) is 1.60. The number of H-pyrrole nitrogens is 1. The number of nitrogens with one attached hydrogen (secondary N) is 1. The molecule has 22 heavy (non-hydrogen) atoms. The van der Waals surface area contributed by atoms with Crippen molar-refractivity contribution >= 4 is 33.8 Å². The van der Waals surface area contributed by atoms with Gasteiger partial charge in [0.15, 0.2) is 0 Å². The summed E-state index contributed by atoms with van der Waals surface area (Å²) in [7, 11) is 0. The highest BCUT2D eigenvalue weighted by Crippen LogP contribution is 2.36. The molecule has 7 heteroatoms. The van der Waals surface area contributed by atoms with Gasteiger partial charge in [0.2, 0.25) is 5.82 Å². The Labute approximate surface area is 134 Å². The Hall–Kier alpha value is -2.38. The Morgan fingerprint density at radius 2 is 2.05 bits per heavy atom. The van der Waals surface area contributed by atoms with E-state index >= 15 is 0 Å². The summed E-state index contributed by atoms with van der Waals surface area (Å²) >= 11 is 6.84. The standard InChI is InChI=1S/C15H10N4OS2/c1-8-10-14(21)16-7-17-15(10)22-11(8)13-18-12(19-20-13)9-5-3-2-4-6-9/h2-7H,1H3,(H,16,17,21). The first-order chi connectivity index (χ1) is 10.7. The van der Waals surface area contributed by atoms with Crippen LogP contribution < -0.4 is 0 Å². The van der Waals surface area contributed by atoms with Gasteiger partial charge in [-0.2, -0.15) is 4.98 Å². The highest BCUT2D eigenvalue weighted by molar-refractivity contribution is 7.71. The monoisotopic (exact) mass is 326 g/mol. The number of nitrogens with zero attached hydrogens (tertiary/aromatic N) is 3. The number of hydrogen-bond acceptors (Lipinski definition) is 6. The summed E-state index contributed by atoms with van der Waals surface area (Å²) in [5, 5.41) is 5.00. The van der Waals surface area contributed by atoms with Crippen molar-refractivity contribution in [3.63, 3.8) is 0 Å². The van der Waals surface area contributed by atoms with E-state index in [0.717, 1.165) is 26.2 Å². The predicted octanol–water partition coefficient (Wildman–Crippen LogP) is 4.38. The number of hydrogen-bond donors (Lipinski definition) is 1. The van der Waals surface area contributed by atoms with Crippen molar-refractivity contribution in [2.45, 2.75) is 6.92 Å². The molecule has 0 spiro atoms. The molecule has 0 bridgehead atoms. The number of aromatic nitrogens is 4. The topological polar surface area (TPSA) is 67.6 Å². The van der Waals surface area contributed by atoms with Crippen LogP contribution in [0.4, 0.5) is 0 Å². The second-order valence-corrected chi connectivity index (χ2v) is 6.16. The molecule has 0 fully saturated rings. The number of benzene rings is 1. The average molecular weight is 326 g/mol. The Morgan fingerprint density at radius 3 is 2.82 bits per heavy atom. The maximum Gasteiger partial charge on any atom is 0.268 e. The lowest BCUT2D eigenvalue weighted by Crippen LogP contribution is -1.81. The first-order valence-electron chi connectivity index (χ1n) is 6.60. The molecule has 0 saturated carbocycles. The summed E-state index contributed by atoms with van der Waals surface area (Å²) in [5.74, 6) is 1.07. The predicted molar refractivity (Wildman–Crippen MR) is 88.3 cm³/mol. The molecule has 5 nitrogen and oxygen atoms in total. The van der Waals surface area contributed by atoms with Crippen molar-refractivity contribution in [3.8, 4) is 22.2 Å². The SMILES string of the molecule is Cc1c(-c2nc(-c3ccccc3)no2)sc2nc[nH]c(=S)c12. The number of aryl methyl sites for hydroxylation is 1. The lowest BCUT2D eigenvalue weighted by molar-refractivity contribution is 0.433. The fourth-order valence-corrected chi connectivity index (χ4v) is 3.75. The van der Waals surface area contributed by atoms with Crippen LogP contribution in [0.1, 0.15) is 5.56 Å². The zero-order valence-electron chi connectivity index (χ0n) is 11.5. The van der Waals surface area contributed by atoms with E-state index in [2.05, 4.69) is 20.1 Å². The van der Waals surface area contributed by atoms with Crippen LogP contribution in [0, 0.1) is 11.6 Å². The molecule has 4 rings (SSSR count). The normalized spacial score (nSPS) is 11.1. The summed E-state index contributed by atoms with van der Waals surface area (Å²) in [6.45, 7) is 1.99. The fourth-order valence-electron chi connectivity index (χ4n) is 2.30. The van der Waals surface area contributed by atoms with Gasteiger partial charge in [0, 0.05) is 10.9 Å². The van der Waals surface area contributed by atoms with Crippen molar-refractivity contribution in [2.75, 3.05) is 0 Å². The van der Waals surface area contributed by atoms with E-state index in [1.165, 1.54) is 11.3 Å². The summed E-state index contributed by atoms with van der Waals surface area (Å²) in [4.78, 5) is 13.5. The van der Waals surface area contributed by atoms with Crippen LogP contribution in [0.25, 0.3) is 32.4 Å². The first-order valence-corrected chi connectivity index (χ1v) is 7.83. The molecule has 0 radical (unpaired) electrons. The molecule has 1 N–H and O–H groups in total. The maximum atomic E-state index is 5.43. The van der Waals surface area contributed by atoms with Crippen molar-refractivity contribution < 1.29 is 4.52 Å². The van der Waals surface area contributed by atoms with Gasteiger partial charge in [-0.1, -0.05) is 47.7 Å². The van der Waals surface area contributed by atoms with Crippen LogP contribution >= 0.6 is 23.6 Å². The lowest BCUT2D eigenvalue weighted by atomic mass is 10.2. The molecule has 4 aromatic rings. The fraction of sp³-hybridized carbons (Fsp3) is 0.0667. The minimum absolute atomic E-state index is 0.494. The molecule has 3 aromatic heterocycles. The molecular formula is C15H10N4OS2. The molecule has 0 aliphatic rings. The molecule has 108 valence electrons.